The molecular weight excluding hydrogens is 867 g/mol. The summed E-state index contributed by atoms with van der Waals surface area (Å²) in [6, 6.07) is 92.0. The van der Waals surface area contributed by atoms with Crippen LogP contribution in [-0.2, 0) is 5.41 Å². The number of rotatable bonds is 4. The summed E-state index contributed by atoms with van der Waals surface area (Å²) in [4.78, 5) is 2.43. The van der Waals surface area contributed by atoms with Crippen molar-refractivity contribution in [3.05, 3.63) is 271 Å². The predicted molar refractivity (Wildman–Crippen MR) is 292 cm³/mol. The first-order valence-electron chi connectivity index (χ1n) is 24.1. The van der Waals surface area contributed by atoms with E-state index in [1.54, 1.807) is 0 Å². The van der Waals surface area contributed by atoms with Gasteiger partial charge < -0.3 is 9.64 Å². The lowest BCUT2D eigenvalue weighted by Crippen LogP contribution is -2.29. The molecule has 70 heavy (non-hydrogen) atoms. The molecule has 0 bridgehead atoms. The highest BCUT2D eigenvalue weighted by Crippen LogP contribution is 2.64. The summed E-state index contributed by atoms with van der Waals surface area (Å²) in [5, 5.41) is 2.67. The molecule has 3 heteroatoms. The van der Waals surface area contributed by atoms with Crippen molar-refractivity contribution in [2.45, 2.75) is 5.41 Å². The molecule has 0 fully saturated rings. The molecule has 0 saturated heterocycles. The number of nitrogens with zero attached hydrogens (tertiary/aromatic N) is 1. The molecule has 2 nitrogen and oxygen atoms in total. The van der Waals surface area contributed by atoms with Crippen LogP contribution in [0.4, 0.5) is 17.1 Å². The zero-order valence-corrected chi connectivity index (χ0v) is 38.8. The van der Waals surface area contributed by atoms with E-state index >= 15 is 0 Å². The minimum atomic E-state index is -0.616. The fourth-order valence-electron chi connectivity index (χ4n) is 12.2. The summed E-state index contributed by atoms with van der Waals surface area (Å²) in [6.07, 6.45) is 0. The Bertz CT molecular complexity index is 4110. The minimum Gasteiger partial charge on any atom is -0.456 e. The third kappa shape index (κ3) is 5.55. The summed E-state index contributed by atoms with van der Waals surface area (Å²) in [7, 11) is 0. The van der Waals surface area contributed by atoms with Crippen molar-refractivity contribution in [1.82, 2.24) is 0 Å². The number of fused-ring (bicyclic) bond motifs is 21. The van der Waals surface area contributed by atoms with Crippen LogP contribution in [0.2, 0.25) is 0 Å². The molecule has 0 N–H and O–H groups in total. The van der Waals surface area contributed by atoms with Gasteiger partial charge in [0.2, 0.25) is 0 Å². The molecular formula is C67H41NOS. The Labute approximate surface area is 410 Å². The average molecular weight is 908 g/mol. The summed E-state index contributed by atoms with van der Waals surface area (Å²) in [5.74, 6) is 1.69. The lowest BCUT2D eigenvalue weighted by atomic mass is 9.66. The molecule has 11 aromatic carbocycles. The van der Waals surface area contributed by atoms with E-state index in [9.17, 15) is 0 Å². The third-order valence-electron chi connectivity index (χ3n) is 15.1. The van der Waals surface area contributed by atoms with Gasteiger partial charge in [-0.15, -0.1) is 11.3 Å². The number of anilines is 3. The van der Waals surface area contributed by atoms with Crippen molar-refractivity contribution in [2.75, 3.05) is 4.90 Å². The second kappa shape index (κ2) is 15.1. The van der Waals surface area contributed by atoms with Gasteiger partial charge in [-0.05, 0) is 139 Å². The van der Waals surface area contributed by atoms with E-state index in [4.69, 9.17) is 4.74 Å². The van der Waals surface area contributed by atoms with Gasteiger partial charge in [0.15, 0.2) is 0 Å². The molecule has 1 aliphatic heterocycles. The second-order valence-corrected chi connectivity index (χ2v) is 19.7. The van der Waals surface area contributed by atoms with Crippen molar-refractivity contribution < 1.29 is 4.74 Å². The van der Waals surface area contributed by atoms with E-state index < -0.39 is 5.41 Å². The number of hydrogen-bond donors (Lipinski definition) is 0. The Morgan fingerprint density at radius 2 is 0.814 bits per heavy atom. The summed E-state index contributed by atoms with van der Waals surface area (Å²) in [6.45, 7) is 0. The first-order chi connectivity index (χ1) is 34.7. The van der Waals surface area contributed by atoms with Gasteiger partial charge in [0.05, 0.1) is 5.41 Å². The van der Waals surface area contributed by atoms with Crippen LogP contribution in [0.3, 0.4) is 0 Å². The standard InChI is InChI=1S/C67H41NOS/c1-2-16-42(17-3-1)43-30-32-44(33-31-43)68(46-35-38-62-56(41-46)50-21-7-5-19-48(50)52-23-10-14-28-61(52)69-62)45-34-36-59-55(40-45)49-20-6-4-18-47(49)51-22-8-12-26-57(51)67(59)58-27-13-9-24-53(58)65-60(67)37-39-64-66(65)54-25-11-15-29-63(54)70-64/h1-41H. The van der Waals surface area contributed by atoms with E-state index in [1.165, 1.54) is 86.9 Å². The molecule has 2 heterocycles. The topological polar surface area (TPSA) is 12.5 Å². The monoisotopic (exact) mass is 907 g/mol. The first kappa shape index (κ1) is 39.3. The molecule has 1 aromatic heterocycles. The first-order valence-corrected chi connectivity index (χ1v) is 24.9. The lowest BCUT2D eigenvalue weighted by molar-refractivity contribution is 0.488. The third-order valence-corrected chi connectivity index (χ3v) is 16.3. The Morgan fingerprint density at radius 3 is 1.59 bits per heavy atom. The van der Waals surface area contributed by atoms with Gasteiger partial charge in [0, 0.05) is 48.4 Å². The van der Waals surface area contributed by atoms with Crippen LogP contribution < -0.4 is 9.64 Å². The van der Waals surface area contributed by atoms with Gasteiger partial charge in [-0.3, -0.25) is 0 Å². The Kier molecular flexibility index (Phi) is 8.48. The normalized spacial score (nSPS) is 14.5. The molecule has 3 aliphatic rings. The van der Waals surface area contributed by atoms with E-state index in [0.717, 1.165) is 50.8 Å². The number of thiophene rings is 1. The van der Waals surface area contributed by atoms with Crippen molar-refractivity contribution in [3.63, 3.8) is 0 Å². The zero-order valence-electron chi connectivity index (χ0n) is 37.9. The van der Waals surface area contributed by atoms with Crippen molar-refractivity contribution in [2.24, 2.45) is 0 Å². The van der Waals surface area contributed by atoms with Gasteiger partial charge in [0.25, 0.3) is 0 Å². The van der Waals surface area contributed by atoms with E-state index in [2.05, 4.69) is 248 Å². The minimum absolute atomic E-state index is 0.616. The van der Waals surface area contributed by atoms with Crippen LogP contribution in [0.25, 0.3) is 86.9 Å². The highest BCUT2D eigenvalue weighted by Gasteiger charge is 2.50. The zero-order chi connectivity index (χ0) is 45.9. The molecule has 1 atom stereocenters. The molecule has 12 aromatic rings. The fraction of sp³-hybridized carbons (Fsp3) is 0.0149. The number of hydrogen-bond acceptors (Lipinski definition) is 3. The largest absolute Gasteiger partial charge is 0.456 e. The molecule has 15 rings (SSSR count). The molecule has 0 saturated carbocycles. The number of ether oxygens (including phenoxy) is 1. The average Bonchev–Trinajstić information content (AvgIpc) is 3.87. The van der Waals surface area contributed by atoms with Gasteiger partial charge in [-0.1, -0.05) is 188 Å². The van der Waals surface area contributed by atoms with E-state index in [-0.39, 0.29) is 0 Å². The molecule has 1 unspecified atom stereocenters. The van der Waals surface area contributed by atoms with Gasteiger partial charge >= 0.3 is 0 Å². The van der Waals surface area contributed by atoms with Crippen LogP contribution in [0.15, 0.2) is 249 Å². The fourth-order valence-corrected chi connectivity index (χ4v) is 13.3. The maximum absolute atomic E-state index is 6.79. The second-order valence-electron chi connectivity index (χ2n) is 18.6. The molecule has 0 radical (unpaired) electrons. The van der Waals surface area contributed by atoms with Gasteiger partial charge in [-0.2, -0.15) is 0 Å². The summed E-state index contributed by atoms with van der Waals surface area (Å²) >= 11 is 1.89. The summed E-state index contributed by atoms with van der Waals surface area (Å²) in [5.41, 5.74) is 22.2. The van der Waals surface area contributed by atoms with E-state index in [1.807, 2.05) is 17.4 Å². The van der Waals surface area contributed by atoms with Crippen molar-refractivity contribution >= 4 is 48.6 Å². The van der Waals surface area contributed by atoms with Crippen molar-refractivity contribution in [1.29, 1.82) is 0 Å². The number of para-hydroxylation sites is 1. The molecule has 1 spiro atoms. The maximum atomic E-state index is 6.79. The van der Waals surface area contributed by atoms with Crippen LogP contribution in [0.5, 0.6) is 11.5 Å². The van der Waals surface area contributed by atoms with Crippen LogP contribution >= 0.6 is 11.3 Å². The van der Waals surface area contributed by atoms with Crippen LogP contribution in [0.1, 0.15) is 22.3 Å². The Morgan fingerprint density at radius 1 is 0.314 bits per heavy atom. The predicted octanol–water partition coefficient (Wildman–Crippen LogP) is 18.6. The molecule has 0 amide bonds. The van der Waals surface area contributed by atoms with Gasteiger partial charge in [-0.25, -0.2) is 0 Å². The Hall–Kier alpha value is -8.76. The number of benzene rings is 11. The molecule has 326 valence electrons. The quantitative estimate of drug-likeness (QED) is 0.174. The maximum Gasteiger partial charge on any atom is 0.135 e. The SMILES string of the molecule is c1ccc(-c2ccc(N(c3ccc4c(c3)-c3ccccc3-c3ccccc3O4)c3ccc4c(c3)-c3ccccc3-c3ccccc3C43c4ccccc4-c4c3ccc3sc5ccccc5c43)cc2)cc1. The summed E-state index contributed by atoms with van der Waals surface area (Å²) < 4.78 is 9.43. The molecule has 2 aliphatic carbocycles. The highest BCUT2D eigenvalue weighted by atomic mass is 32.1. The van der Waals surface area contributed by atoms with Crippen LogP contribution in [0, 0.1) is 0 Å². The smallest absolute Gasteiger partial charge is 0.135 e. The lowest BCUT2D eigenvalue weighted by Gasteiger charge is -2.36. The Balaban J connectivity index is 1.01. The van der Waals surface area contributed by atoms with Crippen LogP contribution in [-0.4, -0.2) is 0 Å². The highest BCUT2D eigenvalue weighted by molar-refractivity contribution is 7.26. The van der Waals surface area contributed by atoms with Crippen molar-refractivity contribution in [3.8, 4) is 78.3 Å². The van der Waals surface area contributed by atoms with Gasteiger partial charge in [0.1, 0.15) is 11.5 Å². The van der Waals surface area contributed by atoms with E-state index in [0.29, 0.717) is 0 Å².